The Morgan fingerprint density at radius 2 is 2.27 bits per heavy atom. The Kier molecular flexibility index (Phi) is 4.24. The molecule has 0 aliphatic carbocycles. The number of fused-ring (bicyclic) bond motifs is 1. The Balaban J connectivity index is 1.93. The quantitative estimate of drug-likeness (QED) is 0.938. The van der Waals surface area contributed by atoms with Gasteiger partial charge in [-0.2, -0.15) is 13.2 Å². The van der Waals surface area contributed by atoms with Crippen molar-refractivity contribution in [3.63, 3.8) is 0 Å². The van der Waals surface area contributed by atoms with Crippen molar-refractivity contribution in [1.82, 2.24) is 10.3 Å². The Morgan fingerprint density at radius 1 is 1.45 bits per heavy atom. The minimum absolute atomic E-state index is 0.140. The van der Waals surface area contributed by atoms with Crippen molar-refractivity contribution in [3.05, 3.63) is 23.8 Å². The number of nitrogens with zero attached hydrogens (tertiary/aromatic N) is 2. The van der Waals surface area contributed by atoms with E-state index in [4.69, 9.17) is 4.74 Å². The predicted octanol–water partition coefficient (Wildman–Crippen LogP) is 2.74. The van der Waals surface area contributed by atoms with Gasteiger partial charge in [0.1, 0.15) is 0 Å². The fourth-order valence-corrected chi connectivity index (χ4v) is 3.67. The molecule has 22 heavy (non-hydrogen) atoms. The molecule has 1 N–H and O–H groups in total. The van der Waals surface area contributed by atoms with Crippen LogP contribution in [0.25, 0.3) is 10.2 Å². The highest BCUT2D eigenvalue weighted by molar-refractivity contribution is 7.22. The first-order valence-corrected chi connectivity index (χ1v) is 7.75. The number of alkyl halides is 3. The first-order valence-electron chi connectivity index (χ1n) is 6.93. The second-order valence-electron chi connectivity index (χ2n) is 5.18. The Morgan fingerprint density at radius 3 is 3.00 bits per heavy atom. The van der Waals surface area contributed by atoms with Gasteiger partial charge in [-0.05, 0) is 18.2 Å². The summed E-state index contributed by atoms with van der Waals surface area (Å²) in [5.74, 6) is 0. The van der Waals surface area contributed by atoms with Gasteiger partial charge in [0, 0.05) is 26.7 Å². The molecule has 0 spiro atoms. The van der Waals surface area contributed by atoms with Gasteiger partial charge >= 0.3 is 6.18 Å². The molecular weight excluding hydrogens is 315 g/mol. The van der Waals surface area contributed by atoms with Crippen LogP contribution in [0.5, 0.6) is 0 Å². The molecule has 1 atom stereocenters. The molecule has 1 aliphatic heterocycles. The summed E-state index contributed by atoms with van der Waals surface area (Å²) in [7, 11) is 1.64. The van der Waals surface area contributed by atoms with E-state index in [1.54, 1.807) is 7.11 Å². The van der Waals surface area contributed by atoms with Gasteiger partial charge < -0.3 is 15.0 Å². The predicted molar refractivity (Wildman–Crippen MR) is 80.5 cm³/mol. The molecule has 2 aromatic rings. The largest absolute Gasteiger partial charge is 0.416 e. The number of ether oxygens (including phenoxy) is 1. The van der Waals surface area contributed by atoms with Crippen molar-refractivity contribution in [1.29, 1.82) is 0 Å². The molecule has 1 saturated heterocycles. The van der Waals surface area contributed by atoms with Crippen LogP contribution in [0.1, 0.15) is 5.56 Å². The molecule has 3 rings (SSSR count). The number of hydrogen-bond donors (Lipinski definition) is 1. The van der Waals surface area contributed by atoms with E-state index in [9.17, 15) is 13.2 Å². The van der Waals surface area contributed by atoms with Gasteiger partial charge in [-0.15, -0.1) is 0 Å². The summed E-state index contributed by atoms with van der Waals surface area (Å²) in [4.78, 5) is 6.59. The lowest BCUT2D eigenvalue weighted by Crippen LogP contribution is -2.53. The fraction of sp³-hybridized carbons (Fsp3) is 0.500. The standard InChI is InChI=1S/C14H16F3N3OS/c1-21-8-10-7-18-4-5-20(10)13-19-11-3-2-9(14(15,16)17)6-12(11)22-13/h2-3,6,10,18H,4-5,7-8H2,1H3/t10-/m0/s1. The van der Waals surface area contributed by atoms with Crippen molar-refractivity contribution in [2.45, 2.75) is 12.2 Å². The highest BCUT2D eigenvalue weighted by atomic mass is 32.1. The molecule has 0 saturated carbocycles. The summed E-state index contributed by atoms with van der Waals surface area (Å²) < 4.78 is 44.1. The van der Waals surface area contributed by atoms with Crippen LogP contribution in [0.15, 0.2) is 18.2 Å². The van der Waals surface area contributed by atoms with Crippen LogP contribution in [-0.4, -0.2) is 44.4 Å². The summed E-state index contributed by atoms with van der Waals surface area (Å²) >= 11 is 1.30. The van der Waals surface area contributed by atoms with E-state index < -0.39 is 11.7 Å². The lowest BCUT2D eigenvalue weighted by atomic mass is 10.2. The number of piperazine rings is 1. The van der Waals surface area contributed by atoms with Gasteiger partial charge in [0.25, 0.3) is 0 Å². The molecule has 1 aromatic heterocycles. The molecule has 2 heterocycles. The third kappa shape index (κ3) is 3.04. The summed E-state index contributed by atoms with van der Waals surface area (Å²) in [6.07, 6.45) is -4.33. The number of anilines is 1. The van der Waals surface area contributed by atoms with Crippen LogP contribution >= 0.6 is 11.3 Å². The average molecular weight is 331 g/mol. The number of nitrogens with one attached hydrogen (secondary N) is 1. The zero-order valence-electron chi connectivity index (χ0n) is 12.0. The second-order valence-corrected chi connectivity index (χ2v) is 6.19. The number of benzene rings is 1. The number of thiazole rings is 1. The number of halogens is 3. The van der Waals surface area contributed by atoms with Crippen LogP contribution in [0.3, 0.4) is 0 Å². The van der Waals surface area contributed by atoms with Crippen LogP contribution in [-0.2, 0) is 10.9 Å². The smallest absolute Gasteiger partial charge is 0.382 e. The maximum atomic E-state index is 12.8. The molecule has 120 valence electrons. The summed E-state index contributed by atoms with van der Waals surface area (Å²) in [5, 5.41) is 4.04. The third-order valence-electron chi connectivity index (χ3n) is 3.66. The van der Waals surface area contributed by atoms with Gasteiger partial charge in [-0.1, -0.05) is 11.3 Å². The SMILES string of the molecule is COC[C@@H]1CNCCN1c1nc2ccc(C(F)(F)F)cc2s1. The second kappa shape index (κ2) is 6.02. The molecule has 0 radical (unpaired) electrons. The summed E-state index contributed by atoms with van der Waals surface area (Å²) in [6, 6.07) is 3.83. The molecule has 1 fully saturated rings. The highest BCUT2D eigenvalue weighted by Crippen LogP contribution is 2.35. The van der Waals surface area contributed by atoms with Crippen molar-refractivity contribution in [2.75, 3.05) is 38.3 Å². The Hall–Kier alpha value is -1.38. The summed E-state index contributed by atoms with van der Waals surface area (Å²) in [5.41, 5.74) is -0.0355. The molecular formula is C14H16F3N3OS. The van der Waals surface area contributed by atoms with Crippen molar-refractivity contribution < 1.29 is 17.9 Å². The minimum Gasteiger partial charge on any atom is -0.382 e. The summed E-state index contributed by atoms with van der Waals surface area (Å²) in [6.45, 7) is 2.91. The van der Waals surface area contributed by atoms with E-state index in [2.05, 4.69) is 15.2 Å². The van der Waals surface area contributed by atoms with E-state index in [1.165, 1.54) is 23.5 Å². The molecule has 4 nitrogen and oxygen atoms in total. The van der Waals surface area contributed by atoms with Crippen molar-refractivity contribution in [2.24, 2.45) is 0 Å². The van der Waals surface area contributed by atoms with Gasteiger partial charge in [-0.25, -0.2) is 4.98 Å². The number of aromatic nitrogens is 1. The lowest BCUT2D eigenvalue weighted by molar-refractivity contribution is -0.137. The fourth-order valence-electron chi connectivity index (χ4n) is 2.57. The molecule has 8 heteroatoms. The van der Waals surface area contributed by atoms with E-state index in [1.807, 2.05) is 0 Å². The first-order chi connectivity index (χ1) is 10.5. The molecule has 0 unspecified atom stereocenters. The Labute approximate surface area is 129 Å². The van der Waals surface area contributed by atoms with E-state index >= 15 is 0 Å². The zero-order chi connectivity index (χ0) is 15.7. The number of methoxy groups -OCH3 is 1. The topological polar surface area (TPSA) is 37.4 Å². The minimum atomic E-state index is -4.33. The van der Waals surface area contributed by atoms with Gasteiger partial charge in [0.05, 0.1) is 28.4 Å². The Bertz CT molecular complexity index is 656. The molecule has 1 aromatic carbocycles. The van der Waals surface area contributed by atoms with Crippen molar-refractivity contribution >= 4 is 26.7 Å². The number of hydrogen-bond acceptors (Lipinski definition) is 5. The van der Waals surface area contributed by atoms with Gasteiger partial charge in [0.15, 0.2) is 5.13 Å². The maximum Gasteiger partial charge on any atom is 0.416 e. The van der Waals surface area contributed by atoms with Crippen molar-refractivity contribution in [3.8, 4) is 0 Å². The van der Waals surface area contributed by atoms with Crippen LogP contribution in [0.2, 0.25) is 0 Å². The van der Waals surface area contributed by atoms with Crippen LogP contribution < -0.4 is 10.2 Å². The first kappa shape index (κ1) is 15.5. The van der Waals surface area contributed by atoms with E-state index in [-0.39, 0.29) is 6.04 Å². The zero-order valence-corrected chi connectivity index (χ0v) is 12.8. The molecule has 0 bridgehead atoms. The van der Waals surface area contributed by atoms with Gasteiger partial charge in [0.2, 0.25) is 0 Å². The van der Waals surface area contributed by atoms with Crippen LogP contribution in [0, 0.1) is 0 Å². The molecule has 0 amide bonds. The van der Waals surface area contributed by atoms with E-state index in [0.29, 0.717) is 16.8 Å². The highest BCUT2D eigenvalue weighted by Gasteiger charge is 2.31. The monoisotopic (exact) mass is 331 g/mol. The third-order valence-corrected chi connectivity index (χ3v) is 4.71. The normalized spacial score (nSPS) is 19.8. The maximum absolute atomic E-state index is 12.8. The van der Waals surface area contributed by atoms with Crippen LogP contribution in [0.4, 0.5) is 18.3 Å². The molecule has 1 aliphatic rings. The van der Waals surface area contributed by atoms with E-state index in [0.717, 1.165) is 30.8 Å². The van der Waals surface area contributed by atoms with Gasteiger partial charge in [-0.3, -0.25) is 0 Å². The number of rotatable bonds is 3. The average Bonchev–Trinajstić information content (AvgIpc) is 2.90. The lowest BCUT2D eigenvalue weighted by Gasteiger charge is -2.35.